The van der Waals surface area contributed by atoms with Gasteiger partial charge in [0.25, 0.3) is 10.0 Å². The molecule has 0 aliphatic carbocycles. The second-order valence-corrected chi connectivity index (χ2v) is 13.0. The molecule has 10 nitrogen and oxygen atoms in total. The Kier molecular flexibility index (Phi) is 9.83. The van der Waals surface area contributed by atoms with E-state index < -0.39 is 32.5 Å². The summed E-state index contributed by atoms with van der Waals surface area (Å²) in [6.07, 6.45) is 0. The number of anilines is 1. The maximum atomic E-state index is 13.5. The van der Waals surface area contributed by atoms with Gasteiger partial charge in [0.05, 0.1) is 34.2 Å². The summed E-state index contributed by atoms with van der Waals surface area (Å²) in [5, 5.41) is 2.84. The lowest BCUT2D eigenvalue weighted by Crippen LogP contribution is -2.42. The molecule has 0 bridgehead atoms. The summed E-state index contributed by atoms with van der Waals surface area (Å²) in [4.78, 5) is 12.9. The van der Waals surface area contributed by atoms with E-state index in [0.717, 1.165) is 14.2 Å². The number of nitrogens with one attached hydrogen (secondary N) is 1. The second-order valence-electron chi connectivity index (χ2n) is 8.60. The molecule has 0 unspecified atom stereocenters. The maximum absolute atomic E-state index is 13.5. The maximum Gasteiger partial charge on any atom is 0.264 e. The zero-order valence-corrected chi connectivity index (χ0v) is 24.3. The van der Waals surface area contributed by atoms with E-state index in [1.807, 2.05) is 6.92 Å². The fourth-order valence-electron chi connectivity index (χ4n) is 3.43. The first-order chi connectivity index (χ1) is 18.4. The molecule has 0 atom stereocenters. The van der Waals surface area contributed by atoms with Gasteiger partial charge in [0.2, 0.25) is 15.9 Å². The molecule has 1 N–H and O–H groups in total. The van der Waals surface area contributed by atoms with E-state index >= 15 is 0 Å². The van der Waals surface area contributed by atoms with E-state index in [-0.39, 0.29) is 33.7 Å². The number of benzene rings is 3. The number of nitrogens with zero attached hydrogens (tertiary/aromatic N) is 2. The molecule has 0 heterocycles. The van der Waals surface area contributed by atoms with Crippen molar-refractivity contribution in [1.29, 1.82) is 0 Å². The van der Waals surface area contributed by atoms with Crippen LogP contribution in [-0.4, -0.2) is 67.9 Å². The summed E-state index contributed by atoms with van der Waals surface area (Å²) < 4.78 is 64.2. The van der Waals surface area contributed by atoms with E-state index in [1.165, 1.54) is 75.8 Å². The Labute approximate surface area is 234 Å². The molecule has 0 saturated heterocycles. The van der Waals surface area contributed by atoms with Gasteiger partial charge in [0.1, 0.15) is 24.7 Å². The third-order valence-corrected chi connectivity index (χ3v) is 9.53. The highest BCUT2D eigenvalue weighted by molar-refractivity contribution is 7.92. The number of carbonyl (C=O) groups excluding carboxylic acids is 1. The lowest BCUT2D eigenvalue weighted by atomic mass is 10.2. The van der Waals surface area contributed by atoms with Gasteiger partial charge in [-0.25, -0.2) is 21.1 Å². The number of amides is 1. The zero-order valence-electron chi connectivity index (χ0n) is 21.9. The van der Waals surface area contributed by atoms with Crippen molar-refractivity contribution in [2.45, 2.75) is 16.7 Å². The van der Waals surface area contributed by atoms with Crippen molar-refractivity contribution >= 4 is 43.2 Å². The van der Waals surface area contributed by atoms with Crippen molar-refractivity contribution in [2.24, 2.45) is 0 Å². The quantitative estimate of drug-likeness (QED) is 0.319. The number of sulfonamides is 2. The van der Waals surface area contributed by atoms with E-state index in [2.05, 4.69) is 5.32 Å². The first kappa shape index (κ1) is 30.2. The van der Waals surface area contributed by atoms with Crippen molar-refractivity contribution in [2.75, 3.05) is 45.2 Å². The third kappa shape index (κ3) is 7.41. The summed E-state index contributed by atoms with van der Waals surface area (Å²) in [6, 6.07) is 16.6. The van der Waals surface area contributed by atoms with Crippen molar-refractivity contribution in [1.82, 2.24) is 9.62 Å². The molecular weight excluding hydrogens is 566 g/mol. The summed E-state index contributed by atoms with van der Waals surface area (Å²) in [5.74, 6) is 0.217. The van der Waals surface area contributed by atoms with Crippen LogP contribution in [0.15, 0.2) is 76.5 Å². The molecule has 0 aromatic heterocycles. The molecule has 210 valence electrons. The minimum absolute atomic E-state index is 0.0240. The number of aryl methyl sites for hydroxylation is 1. The molecule has 0 aliphatic rings. The smallest absolute Gasteiger partial charge is 0.264 e. The summed E-state index contributed by atoms with van der Waals surface area (Å²) in [5.41, 5.74) is 1.08. The van der Waals surface area contributed by atoms with E-state index in [0.29, 0.717) is 11.5 Å². The van der Waals surface area contributed by atoms with Crippen molar-refractivity contribution in [3.05, 3.63) is 77.3 Å². The fraction of sp³-hybridized carbons (Fsp3) is 0.269. The Morgan fingerprint density at radius 1 is 0.897 bits per heavy atom. The van der Waals surface area contributed by atoms with Crippen LogP contribution in [0.1, 0.15) is 5.56 Å². The molecular formula is C26H30ClN3O7S2. The fourth-order valence-corrected chi connectivity index (χ4v) is 5.99. The van der Waals surface area contributed by atoms with Gasteiger partial charge in [0, 0.05) is 14.1 Å². The summed E-state index contributed by atoms with van der Waals surface area (Å²) in [7, 11) is -3.33. The lowest BCUT2D eigenvalue weighted by Gasteiger charge is -2.24. The highest BCUT2D eigenvalue weighted by Crippen LogP contribution is 2.32. The predicted molar refractivity (Wildman–Crippen MR) is 150 cm³/mol. The average Bonchev–Trinajstić information content (AvgIpc) is 2.90. The van der Waals surface area contributed by atoms with Crippen LogP contribution in [0.3, 0.4) is 0 Å². The van der Waals surface area contributed by atoms with Gasteiger partial charge in [-0.1, -0.05) is 29.3 Å². The molecule has 1 amide bonds. The number of hydrogen-bond acceptors (Lipinski definition) is 7. The number of rotatable bonds is 12. The Balaban J connectivity index is 1.69. The topological polar surface area (TPSA) is 122 Å². The van der Waals surface area contributed by atoms with Crippen molar-refractivity contribution in [3.63, 3.8) is 0 Å². The first-order valence-electron chi connectivity index (χ1n) is 11.7. The van der Waals surface area contributed by atoms with Crippen LogP contribution >= 0.6 is 11.6 Å². The average molecular weight is 596 g/mol. The largest absolute Gasteiger partial charge is 0.495 e. The number of methoxy groups -OCH3 is 1. The van der Waals surface area contributed by atoms with Gasteiger partial charge in [-0.2, -0.15) is 0 Å². The zero-order chi connectivity index (χ0) is 28.8. The highest BCUT2D eigenvalue weighted by Gasteiger charge is 2.28. The Hall–Kier alpha value is -3.32. The van der Waals surface area contributed by atoms with E-state index in [9.17, 15) is 21.6 Å². The van der Waals surface area contributed by atoms with Crippen LogP contribution in [-0.2, 0) is 24.8 Å². The molecule has 0 fully saturated rings. The minimum Gasteiger partial charge on any atom is -0.495 e. The van der Waals surface area contributed by atoms with Crippen LogP contribution in [0.5, 0.6) is 11.5 Å². The second kappa shape index (κ2) is 12.7. The van der Waals surface area contributed by atoms with E-state index in [1.54, 1.807) is 12.1 Å². The normalized spacial score (nSPS) is 11.7. The standard InChI is InChI=1S/C26H30ClN3O7S2/c1-19-5-10-23(11-6-19)39(34,35)30(20-7-14-25(36-4)24(27)17-20)18-26(31)28-15-16-37-21-8-12-22(13-9-21)38(32,33)29(2)3/h5-14,17H,15-16,18H2,1-4H3,(H,28,31). The number of carbonyl (C=O) groups is 1. The van der Waals surface area contributed by atoms with Gasteiger partial charge >= 0.3 is 0 Å². The molecule has 0 spiro atoms. The van der Waals surface area contributed by atoms with Crippen LogP contribution in [0.2, 0.25) is 5.02 Å². The Morgan fingerprint density at radius 2 is 1.49 bits per heavy atom. The molecule has 3 aromatic rings. The van der Waals surface area contributed by atoms with Crippen molar-refractivity contribution in [3.8, 4) is 11.5 Å². The molecule has 13 heteroatoms. The highest BCUT2D eigenvalue weighted by atomic mass is 35.5. The number of halogens is 1. The molecule has 3 rings (SSSR count). The van der Waals surface area contributed by atoms with Crippen LogP contribution < -0.4 is 19.1 Å². The van der Waals surface area contributed by atoms with Gasteiger partial charge in [-0.05, 0) is 61.5 Å². The van der Waals surface area contributed by atoms with E-state index in [4.69, 9.17) is 21.1 Å². The molecule has 0 aliphatic heterocycles. The number of ether oxygens (including phenoxy) is 2. The summed E-state index contributed by atoms with van der Waals surface area (Å²) in [6.45, 7) is 1.49. The van der Waals surface area contributed by atoms with Gasteiger partial charge in [-0.15, -0.1) is 0 Å². The van der Waals surface area contributed by atoms with Gasteiger partial charge in [0.15, 0.2) is 0 Å². The SMILES string of the molecule is COc1ccc(N(CC(=O)NCCOc2ccc(S(=O)(=O)N(C)C)cc2)S(=O)(=O)c2ccc(C)cc2)cc1Cl. The lowest BCUT2D eigenvalue weighted by molar-refractivity contribution is -0.119. The molecule has 3 aromatic carbocycles. The molecule has 39 heavy (non-hydrogen) atoms. The first-order valence-corrected chi connectivity index (χ1v) is 15.0. The molecule has 0 saturated carbocycles. The van der Waals surface area contributed by atoms with Crippen LogP contribution in [0.4, 0.5) is 5.69 Å². The summed E-state index contributed by atoms with van der Waals surface area (Å²) >= 11 is 6.24. The Morgan fingerprint density at radius 3 is 2.05 bits per heavy atom. The van der Waals surface area contributed by atoms with Gasteiger partial charge < -0.3 is 14.8 Å². The third-order valence-electron chi connectivity index (χ3n) is 5.61. The predicted octanol–water partition coefficient (Wildman–Crippen LogP) is 3.30. The van der Waals surface area contributed by atoms with Crippen LogP contribution in [0, 0.1) is 6.92 Å². The number of hydrogen-bond donors (Lipinski definition) is 1. The minimum atomic E-state index is -4.11. The Bertz CT molecular complexity index is 1510. The monoisotopic (exact) mass is 595 g/mol. The molecule has 0 radical (unpaired) electrons. The van der Waals surface area contributed by atoms with Gasteiger partial charge in [-0.3, -0.25) is 9.10 Å². The van der Waals surface area contributed by atoms with Crippen LogP contribution in [0.25, 0.3) is 0 Å². The van der Waals surface area contributed by atoms with Crippen molar-refractivity contribution < 1.29 is 31.1 Å².